The van der Waals surface area contributed by atoms with Gasteiger partial charge in [0.2, 0.25) is 0 Å². The van der Waals surface area contributed by atoms with Crippen molar-refractivity contribution in [3.8, 4) is 0 Å². The Morgan fingerprint density at radius 3 is 2.71 bits per heavy atom. The van der Waals surface area contributed by atoms with Crippen LogP contribution in [0.2, 0.25) is 0 Å². The van der Waals surface area contributed by atoms with Crippen molar-refractivity contribution in [3.05, 3.63) is 0 Å². The summed E-state index contributed by atoms with van der Waals surface area (Å²) < 4.78 is 13.2. The normalized spacial score (nSPS) is 8.29. The van der Waals surface area contributed by atoms with Gasteiger partial charge in [0.05, 0.1) is 0 Å². The molecule has 0 bridgehead atoms. The first-order chi connectivity index (χ1) is 3.31. The molecular weight excluding hydrogens is 119 g/mol. The van der Waals surface area contributed by atoms with Gasteiger partial charge in [-0.2, -0.15) is 4.29 Å². The van der Waals surface area contributed by atoms with Crippen LogP contribution in [0.4, 0.5) is 0 Å². The van der Waals surface area contributed by atoms with E-state index in [0.29, 0.717) is 0 Å². The molecule has 0 aromatic carbocycles. The molecule has 0 atom stereocenters. The molecular formula is C3H5ClO3. The number of hydrogen-bond acceptors (Lipinski definition) is 3. The summed E-state index contributed by atoms with van der Waals surface area (Å²) in [4.78, 5) is 9.95. The average Bonchev–Trinajstić information content (AvgIpc) is 1.68. The van der Waals surface area contributed by atoms with Gasteiger partial charge in [-0.3, -0.25) is 0 Å². The van der Waals surface area contributed by atoms with Gasteiger partial charge in [-0.15, -0.1) is 0 Å². The van der Waals surface area contributed by atoms with Crippen LogP contribution >= 0.6 is 0 Å². The molecule has 4 heteroatoms. The van der Waals surface area contributed by atoms with Crippen molar-refractivity contribution in [1.29, 1.82) is 0 Å². The molecule has 0 radical (unpaired) electrons. The number of carbonyl (C=O) groups is 1. The van der Waals surface area contributed by atoms with Crippen molar-refractivity contribution in [2.45, 2.75) is 13.3 Å². The summed E-state index contributed by atoms with van der Waals surface area (Å²) in [6, 6.07) is 0. The largest absolute Gasteiger partial charge is 0.495 e. The van der Waals surface area contributed by atoms with E-state index in [-0.39, 0.29) is 17.7 Å². The van der Waals surface area contributed by atoms with Crippen molar-refractivity contribution in [2.24, 2.45) is 0 Å². The van der Waals surface area contributed by atoms with Gasteiger partial charge in [-0.25, -0.2) is 4.79 Å². The molecule has 0 N–H and O–H groups in total. The Labute approximate surface area is 45.3 Å². The summed E-state index contributed by atoms with van der Waals surface area (Å²) in [5.41, 5.74) is 0. The maximum absolute atomic E-state index is 9.95. The van der Waals surface area contributed by atoms with Crippen molar-refractivity contribution in [1.82, 2.24) is 0 Å². The highest BCUT2D eigenvalue weighted by molar-refractivity contribution is 5.67. The van der Waals surface area contributed by atoms with Crippen LogP contribution in [0, 0.1) is 11.3 Å². The summed E-state index contributed by atoms with van der Waals surface area (Å²) in [7, 11) is 0. The van der Waals surface area contributed by atoms with Crippen molar-refractivity contribution in [2.75, 3.05) is 0 Å². The molecule has 0 aromatic heterocycles. The molecule has 0 aliphatic carbocycles. The molecule has 0 saturated carbocycles. The molecule has 7 heavy (non-hydrogen) atoms. The molecule has 0 saturated heterocycles. The second kappa shape index (κ2) is 3.89. The summed E-state index contributed by atoms with van der Waals surface area (Å²) in [6.07, 6.45) is 0.245. The molecule has 0 aliphatic rings. The minimum Gasteiger partial charge on any atom is -0.495 e. The third kappa shape index (κ3) is 3.55. The van der Waals surface area contributed by atoms with Crippen molar-refractivity contribution in [3.63, 3.8) is 0 Å². The van der Waals surface area contributed by atoms with Gasteiger partial charge in [0.15, 0.2) is 0 Å². The molecule has 0 unspecified atom stereocenters. The van der Waals surface area contributed by atoms with Crippen LogP contribution in [-0.2, 0) is 9.08 Å². The Morgan fingerprint density at radius 2 is 2.57 bits per heavy atom. The molecule has 0 amide bonds. The third-order valence-electron chi connectivity index (χ3n) is 0.406. The second-order valence-corrected chi connectivity index (χ2v) is 1.15. The molecule has 42 valence electrons. The van der Waals surface area contributed by atoms with Gasteiger partial charge < -0.3 is 4.66 Å². The lowest BCUT2D eigenvalue weighted by Gasteiger charge is -1.80. The van der Waals surface area contributed by atoms with E-state index >= 15 is 0 Å². The summed E-state index contributed by atoms with van der Waals surface area (Å²) in [6.45, 7) is 1.61. The highest BCUT2D eigenvalue weighted by Crippen LogP contribution is 1.79. The first kappa shape index (κ1) is 6.72. The van der Waals surface area contributed by atoms with Crippen LogP contribution in [0.5, 0.6) is 0 Å². The first-order valence-corrected chi connectivity index (χ1v) is 2.39. The van der Waals surface area contributed by atoms with Crippen molar-refractivity contribution < 1.29 is 25.1 Å². The van der Waals surface area contributed by atoms with E-state index in [2.05, 4.69) is 4.29 Å². The first-order valence-electron chi connectivity index (χ1n) is 1.78. The zero-order valence-corrected chi connectivity index (χ0v) is 4.57. The van der Waals surface area contributed by atoms with E-state index in [4.69, 9.17) is 0 Å². The number of hydrogen-bond donors (Lipinski definition) is 0. The van der Waals surface area contributed by atoms with Crippen LogP contribution in [0.25, 0.3) is 0 Å². The Hall–Kier alpha value is -0.280. The minimum absolute atomic E-state index is 0.229. The SMILES string of the molecule is CCC(=O)O[Cl+][O-]. The van der Waals surface area contributed by atoms with Gasteiger partial charge in [0.1, 0.15) is 0 Å². The lowest BCUT2D eigenvalue weighted by Crippen LogP contribution is -2.09. The highest BCUT2D eigenvalue weighted by Gasteiger charge is 2.01. The van der Waals surface area contributed by atoms with E-state index in [0.717, 1.165) is 0 Å². The molecule has 3 nitrogen and oxygen atoms in total. The Morgan fingerprint density at radius 1 is 2.00 bits per heavy atom. The van der Waals surface area contributed by atoms with E-state index in [1.807, 2.05) is 0 Å². The van der Waals surface area contributed by atoms with Crippen LogP contribution < -0.4 is 4.66 Å². The average molecular weight is 125 g/mol. The molecule has 0 aromatic rings. The zero-order chi connectivity index (χ0) is 5.70. The van der Waals surface area contributed by atoms with Gasteiger partial charge in [0, 0.05) is 6.42 Å². The molecule has 0 aliphatic heterocycles. The maximum Gasteiger partial charge on any atom is 0.396 e. The van der Waals surface area contributed by atoms with Gasteiger partial charge in [0.25, 0.3) is 0 Å². The zero-order valence-electron chi connectivity index (χ0n) is 3.81. The van der Waals surface area contributed by atoms with Crippen molar-refractivity contribution >= 4 is 5.97 Å². The number of carbonyl (C=O) groups excluding carboxylic acids is 1. The van der Waals surface area contributed by atoms with Crippen LogP contribution in [0.3, 0.4) is 0 Å². The molecule has 0 rings (SSSR count). The fourth-order valence-corrected chi connectivity index (χ4v) is 0.269. The van der Waals surface area contributed by atoms with Gasteiger partial charge in [-0.1, -0.05) is 6.92 Å². The standard InChI is InChI=1S/C3H5ClO3/c1-2-3(5)7-4-6/h2H2,1H3. The van der Waals surface area contributed by atoms with Crippen LogP contribution in [0.15, 0.2) is 0 Å². The van der Waals surface area contributed by atoms with Crippen LogP contribution in [0.1, 0.15) is 13.3 Å². The summed E-state index contributed by atoms with van der Waals surface area (Å²) in [5, 5.41) is 0. The second-order valence-electron chi connectivity index (χ2n) is 0.866. The van der Waals surface area contributed by atoms with E-state index in [1.54, 1.807) is 6.92 Å². The number of halogens is 1. The fourth-order valence-electron chi connectivity index (χ4n) is 0.0897. The van der Waals surface area contributed by atoms with E-state index in [1.165, 1.54) is 0 Å². The highest BCUT2D eigenvalue weighted by atomic mass is 35.6. The lowest BCUT2D eigenvalue weighted by atomic mass is 10.5. The van der Waals surface area contributed by atoms with Gasteiger partial charge >= 0.3 is 17.3 Å². The predicted molar refractivity (Wildman–Crippen MR) is 16.4 cm³/mol. The maximum atomic E-state index is 9.95. The smallest absolute Gasteiger partial charge is 0.396 e. The molecule has 0 fully saturated rings. The Balaban J connectivity index is 3.00. The van der Waals surface area contributed by atoms with Gasteiger partial charge in [-0.05, 0) is 0 Å². The summed E-state index contributed by atoms with van der Waals surface area (Å²) in [5.74, 6) is -0.497. The fraction of sp³-hybridized carbons (Fsp3) is 0.667. The lowest BCUT2D eigenvalue weighted by molar-refractivity contribution is -1.26. The molecule has 0 spiro atoms. The van der Waals surface area contributed by atoms with E-state index in [9.17, 15) is 9.45 Å². The van der Waals surface area contributed by atoms with Crippen LogP contribution in [-0.4, -0.2) is 5.97 Å². The monoisotopic (exact) mass is 124 g/mol. The topological polar surface area (TPSA) is 49.4 Å². The predicted octanol–water partition coefficient (Wildman–Crippen LogP) is -0.785. The van der Waals surface area contributed by atoms with E-state index < -0.39 is 5.97 Å². The molecule has 0 heterocycles. The number of rotatable bonds is 2. The third-order valence-corrected chi connectivity index (χ3v) is 0.641. The Bertz CT molecular complexity index is 63.2. The Kier molecular flexibility index (Phi) is 3.74. The quantitative estimate of drug-likeness (QED) is 0.485. The minimum atomic E-state index is -0.497. The summed E-state index contributed by atoms with van der Waals surface area (Å²) >= 11 is 0.229.